The van der Waals surface area contributed by atoms with E-state index >= 15 is 0 Å². The summed E-state index contributed by atoms with van der Waals surface area (Å²) < 4.78 is 29.0. The Balaban J connectivity index is 1.82. The van der Waals surface area contributed by atoms with E-state index in [1.807, 2.05) is 61.5 Å². The first kappa shape index (κ1) is 25.7. The Bertz CT molecular complexity index is 1210. The summed E-state index contributed by atoms with van der Waals surface area (Å²) in [7, 11) is -4.08. The van der Waals surface area contributed by atoms with Crippen molar-refractivity contribution in [2.45, 2.75) is 24.3 Å². The second kappa shape index (κ2) is 11.5. The monoisotopic (exact) mass is 568 g/mol. The van der Waals surface area contributed by atoms with Gasteiger partial charge in [0.2, 0.25) is 15.9 Å². The minimum absolute atomic E-state index is 0.0488. The number of nitrogens with one attached hydrogen (secondary N) is 1. The van der Waals surface area contributed by atoms with Crippen LogP contribution in [0.5, 0.6) is 0 Å². The number of sulfonamides is 1. The maximum absolute atomic E-state index is 13.5. The smallest absolute Gasteiger partial charge is 0.245 e. The van der Waals surface area contributed by atoms with E-state index in [9.17, 15) is 13.2 Å². The number of carbonyl (C=O) groups excluding carboxylic acids is 1. The fourth-order valence-corrected chi connectivity index (χ4v) is 5.68. The number of halogens is 3. The average Bonchev–Trinajstić information content (AvgIpc) is 2.79. The van der Waals surface area contributed by atoms with Gasteiger partial charge in [0.25, 0.3) is 0 Å². The van der Waals surface area contributed by atoms with E-state index in [-0.39, 0.29) is 34.1 Å². The minimum Gasteiger partial charge on any atom is -0.348 e. The Morgan fingerprint density at radius 3 is 2.36 bits per heavy atom. The first-order chi connectivity index (χ1) is 15.7. The number of nitrogens with zero attached hydrogens (tertiary/aromatic N) is 1. The molecule has 0 fully saturated rings. The Kier molecular flexibility index (Phi) is 8.95. The molecule has 9 heteroatoms. The van der Waals surface area contributed by atoms with E-state index in [0.29, 0.717) is 6.42 Å². The van der Waals surface area contributed by atoms with Gasteiger partial charge < -0.3 is 5.32 Å². The van der Waals surface area contributed by atoms with Gasteiger partial charge in [0.15, 0.2) is 0 Å². The van der Waals surface area contributed by atoms with Gasteiger partial charge in [-0.2, -0.15) is 4.31 Å². The van der Waals surface area contributed by atoms with Crippen molar-refractivity contribution < 1.29 is 13.2 Å². The van der Waals surface area contributed by atoms with Crippen LogP contribution in [0.2, 0.25) is 10.0 Å². The van der Waals surface area contributed by atoms with Gasteiger partial charge in [0.1, 0.15) is 4.90 Å². The van der Waals surface area contributed by atoms with Crippen molar-refractivity contribution in [3.05, 3.63) is 98.4 Å². The molecule has 1 amide bonds. The lowest BCUT2D eigenvalue weighted by Crippen LogP contribution is -2.42. The quantitative estimate of drug-likeness (QED) is 0.350. The molecule has 3 rings (SSSR count). The minimum atomic E-state index is -4.08. The number of hydrogen-bond donors (Lipinski definition) is 1. The maximum atomic E-state index is 13.5. The predicted molar refractivity (Wildman–Crippen MR) is 136 cm³/mol. The van der Waals surface area contributed by atoms with E-state index in [1.165, 1.54) is 18.2 Å². The molecule has 0 aliphatic rings. The van der Waals surface area contributed by atoms with Crippen LogP contribution in [-0.2, 0) is 21.2 Å². The lowest BCUT2D eigenvalue weighted by atomic mass is 10.1. The number of amides is 1. The molecule has 0 saturated heterocycles. The highest BCUT2D eigenvalue weighted by Crippen LogP contribution is 2.28. The molecule has 174 valence electrons. The second-order valence-corrected chi connectivity index (χ2v) is 11.2. The van der Waals surface area contributed by atoms with Gasteiger partial charge in [0, 0.05) is 16.0 Å². The van der Waals surface area contributed by atoms with E-state index < -0.39 is 15.9 Å². The van der Waals surface area contributed by atoms with Gasteiger partial charge >= 0.3 is 0 Å². The number of hydrogen-bond acceptors (Lipinski definition) is 3. The highest BCUT2D eigenvalue weighted by molar-refractivity contribution is 9.10. The Morgan fingerprint density at radius 1 is 1.03 bits per heavy atom. The highest BCUT2D eigenvalue weighted by atomic mass is 79.9. The molecule has 0 aliphatic heterocycles. The predicted octanol–water partition coefficient (Wildman–Crippen LogP) is 5.87. The standard InChI is InChI=1S/C24H23BrCl2N2O3S/c1-17(19-7-9-20(25)10-8-19)28-24(30)16-29(14-13-18-5-3-2-4-6-18)33(31,32)23-15-21(26)11-12-22(23)27/h2-12,15,17H,13-14,16H2,1H3,(H,28,30)/t17-/m0/s1. The largest absolute Gasteiger partial charge is 0.348 e. The molecule has 0 saturated carbocycles. The molecule has 3 aromatic carbocycles. The number of benzene rings is 3. The van der Waals surface area contributed by atoms with Crippen molar-refractivity contribution >= 4 is 55.1 Å². The van der Waals surface area contributed by atoms with Crippen LogP contribution < -0.4 is 5.32 Å². The van der Waals surface area contributed by atoms with Crippen molar-refractivity contribution in [1.82, 2.24) is 9.62 Å². The van der Waals surface area contributed by atoms with Crippen LogP contribution in [-0.4, -0.2) is 31.7 Å². The summed E-state index contributed by atoms with van der Waals surface area (Å²) in [6.07, 6.45) is 0.438. The molecule has 0 radical (unpaired) electrons. The summed E-state index contributed by atoms with van der Waals surface area (Å²) in [5.41, 5.74) is 1.86. The molecule has 0 aromatic heterocycles. The molecule has 1 atom stereocenters. The normalized spacial score (nSPS) is 12.5. The van der Waals surface area contributed by atoms with Crippen molar-refractivity contribution in [2.75, 3.05) is 13.1 Å². The fourth-order valence-electron chi connectivity index (χ4n) is 3.28. The average molecular weight is 570 g/mol. The molecule has 33 heavy (non-hydrogen) atoms. The summed E-state index contributed by atoms with van der Waals surface area (Å²) in [4.78, 5) is 12.7. The van der Waals surface area contributed by atoms with Crippen LogP contribution in [0.3, 0.4) is 0 Å². The van der Waals surface area contributed by atoms with Crippen molar-refractivity contribution in [2.24, 2.45) is 0 Å². The lowest BCUT2D eigenvalue weighted by Gasteiger charge is -2.24. The maximum Gasteiger partial charge on any atom is 0.245 e. The molecule has 0 aliphatic carbocycles. The van der Waals surface area contributed by atoms with Gasteiger partial charge in [-0.15, -0.1) is 0 Å². The topological polar surface area (TPSA) is 66.5 Å². The first-order valence-electron chi connectivity index (χ1n) is 10.2. The van der Waals surface area contributed by atoms with Crippen LogP contribution in [0.15, 0.2) is 82.2 Å². The van der Waals surface area contributed by atoms with Crippen LogP contribution >= 0.6 is 39.1 Å². The third kappa shape index (κ3) is 7.04. The third-order valence-electron chi connectivity index (χ3n) is 5.07. The zero-order valence-corrected chi connectivity index (χ0v) is 21.8. The first-order valence-corrected chi connectivity index (χ1v) is 13.2. The highest BCUT2D eigenvalue weighted by Gasteiger charge is 2.29. The van der Waals surface area contributed by atoms with E-state index in [1.54, 1.807) is 0 Å². The fraction of sp³-hybridized carbons (Fsp3) is 0.208. The van der Waals surface area contributed by atoms with Crippen LogP contribution in [0, 0.1) is 0 Å². The molecule has 0 bridgehead atoms. The molecule has 0 spiro atoms. The number of carbonyl (C=O) groups is 1. The van der Waals surface area contributed by atoms with Crippen LogP contribution in [0.4, 0.5) is 0 Å². The Labute approximate surface area is 212 Å². The molecule has 1 N–H and O–H groups in total. The zero-order chi connectivity index (χ0) is 24.0. The van der Waals surface area contributed by atoms with Gasteiger partial charge in [0.05, 0.1) is 17.6 Å². The van der Waals surface area contributed by atoms with Crippen LogP contribution in [0.1, 0.15) is 24.1 Å². The molecule has 5 nitrogen and oxygen atoms in total. The number of rotatable bonds is 9. The summed E-state index contributed by atoms with van der Waals surface area (Å²) in [6.45, 7) is 1.60. The van der Waals surface area contributed by atoms with Gasteiger partial charge in [-0.05, 0) is 54.8 Å². The summed E-state index contributed by atoms with van der Waals surface area (Å²) in [6, 6.07) is 21.0. The van der Waals surface area contributed by atoms with Crippen molar-refractivity contribution in [3.63, 3.8) is 0 Å². The summed E-state index contributed by atoms with van der Waals surface area (Å²) >= 11 is 15.6. The molecule has 0 heterocycles. The third-order valence-corrected chi connectivity index (χ3v) is 8.16. The van der Waals surface area contributed by atoms with E-state index in [0.717, 1.165) is 19.9 Å². The van der Waals surface area contributed by atoms with E-state index in [2.05, 4.69) is 21.2 Å². The van der Waals surface area contributed by atoms with Gasteiger partial charge in [-0.1, -0.05) is 81.6 Å². The lowest BCUT2D eigenvalue weighted by molar-refractivity contribution is -0.121. The van der Waals surface area contributed by atoms with Gasteiger partial charge in [-0.3, -0.25) is 4.79 Å². The van der Waals surface area contributed by atoms with Crippen molar-refractivity contribution in [1.29, 1.82) is 0 Å². The Hall–Kier alpha value is -1.90. The summed E-state index contributed by atoms with van der Waals surface area (Å²) in [5.74, 6) is -0.416. The summed E-state index contributed by atoms with van der Waals surface area (Å²) in [5, 5.41) is 3.17. The van der Waals surface area contributed by atoms with Crippen molar-refractivity contribution in [3.8, 4) is 0 Å². The Morgan fingerprint density at radius 2 is 1.70 bits per heavy atom. The van der Waals surface area contributed by atoms with E-state index in [4.69, 9.17) is 23.2 Å². The molecular weight excluding hydrogens is 547 g/mol. The molecule has 0 unspecified atom stereocenters. The second-order valence-electron chi connectivity index (χ2n) is 7.49. The molecular formula is C24H23BrCl2N2O3S. The van der Waals surface area contributed by atoms with Gasteiger partial charge in [-0.25, -0.2) is 8.42 Å². The zero-order valence-electron chi connectivity index (χ0n) is 17.8. The van der Waals surface area contributed by atoms with Crippen LogP contribution in [0.25, 0.3) is 0 Å². The molecule has 3 aromatic rings. The SMILES string of the molecule is C[C@H](NC(=O)CN(CCc1ccccc1)S(=O)(=O)c1cc(Cl)ccc1Cl)c1ccc(Br)cc1.